The van der Waals surface area contributed by atoms with Crippen LogP contribution in [0.1, 0.15) is 18.6 Å². The fourth-order valence-corrected chi connectivity index (χ4v) is 1.16. The predicted octanol–water partition coefficient (Wildman–Crippen LogP) is 1.47. The van der Waals surface area contributed by atoms with Gasteiger partial charge in [-0.2, -0.15) is 0 Å². The van der Waals surface area contributed by atoms with Gasteiger partial charge < -0.3 is 15.2 Å². The Labute approximate surface area is 88.9 Å². The summed E-state index contributed by atoms with van der Waals surface area (Å²) in [4.78, 5) is 10.9. The third kappa shape index (κ3) is 3.99. The monoisotopic (exact) mass is 209 g/mol. The maximum absolute atomic E-state index is 10.9. The largest absolute Gasteiger partial charge is 0.450 e. The summed E-state index contributed by atoms with van der Waals surface area (Å²) in [6, 6.07) is 9.15. The van der Waals surface area contributed by atoms with Crippen molar-refractivity contribution < 1.29 is 14.6 Å². The molecule has 0 aliphatic rings. The minimum Gasteiger partial charge on any atom is -0.450 e. The van der Waals surface area contributed by atoms with Gasteiger partial charge in [0, 0.05) is 0 Å². The van der Waals surface area contributed by atoms with Gasteiger partial charge in [-0.1, -0.05) is 30.3 Å². The van der Waals surface area contributed by atoms with Crippen LogP contribution in [0.4, 0.5) is 4.79 Å². The van der Waals surface area contributed by atoms with Crippen molar-refractivity contribution in [1.82, 2.24) is 5.32 Å². The van der Waals surface area contributed by atoms with Crippen molar-refractivity contribution >= 4 is 6.09 Å². The van der Waals surface area contributed by atoms with Crippen LogP contribution < -0.4 is 5.32 Å². The fraction of sp³-hybridized carbons (Fsp3) is 0.364. The summed E-state index contributed by atoms with van der Waals surface area (Å²) >= 11 is 0. The van der Waals surface area contributed by atoms with Gasteiger partial charge in [-0.3, -0.25) is 0 Å². The second-order valence-electron chi connectivity index (χ2n) is 3.03. The van der Waals surface area contributed by atoms with Crippen LogP contribution >= 0.6 is 0 Å². The Balaban J connectivity index is 2.37. The number of hydrogen-bond donors (Lipinski definition) is 2. The molecule has 2 N–H and O–H groups in total. The van der Waals surface area contributed by atoms with Gasteiger partial charge >= 0.3 is 6.09 Å². The molecule has 1 aromatic rings. The van der Waals surface area contributed by atoms with E-state index in [1.54, 1.807) is 19.1 Å². The van der Waals surface area contributed by atoms with Gasteiger partial charge in [0.15, 0.2) is 0 Å². The van der Waals surface area contributed by atoms with Crippen LogP contribution in [-0.4, -0.2) is 24.4 Å². The van der Waals surface area contributed by atoms with E-state index in [0.717, 1.165) is 5.56 Å². The highest BCUT2D eigenvalue weighted by Gasteiger charge is 2.08. The zero-order valence-electron chi connectivity index (χ0n) is 8.64. The summed E-state index contributed by atoms with van der Waals surface area (Å²) in [5.74, 6) is 0. The van der Waals surface area contributed by atoms with Crippen molar-refractivity contribution in [1.29, 1.82) is 0 Å². The number of rotatable bonds is 4. The van der Waals surface area contributed by atoms with E-state index >= 15 is 0 Å². The van der Waals surface area contributed by atoms with Crippen LogP contribution in [0.2, 0.25) is 0 Å². The normalized spacial score (nSPS) is 11.9. The molecule has 1 amide bonds. The summed E-state index contributed by atoms with van der Waals surface area (Å²) in [6.07, 6.45) is -1.21. The van der Waals surface area contributed by atoms with E-state index in [-0.39, 0.29) is 6.54 Å². The molecule has 0 aliphatic heterocycles. The van der Waals surface area contributed by atoms with Crippen LogP contribution in [-0.2, 0) is 4.74 Å². The lowest BCUT2D eigenvalue weighted by molar-refractivity contribution is 0.135. The molecule has 0 heterocycles. The number of alkyl carbamates (subject to hydrolysis) is 1. The number of hydrogen-bond acceptors (Lipinski definition) is 3. The van der Waals surface area contributed by atoms with Crippen LogP contribution in [0.3, 0.4) is 0 Å². The first-order valence-electron chi connectivity index (χ1n) is 4.87. The van der Waals surface area contributed by atoms with Crippen molar-refractivity contribution in [3.05, 3.63) is 35.9 Å². The Kier molecular flexibility index (Phi) is 4.63. The molecule has 0 fully saturated rings. The van der Waals surface area contributed by atoms with Gasteiger partial charge in [0.2, 0.25) is 0 Å². The van der Waals surface area contributed by atoms with Crippen LogP contribution in [0.15, 0.2) is 30.3 Å². The molecule has 4 nitrogen and oxygen atoms in total. The number of aliphatic hydroxyl groups is 1. The molecule has 1 unspecified atom stereocenters. The van der Waals surface area contributed by atoms with Gasteiger partial charge in [-0.15, -0.1) is 0 Å². The lowest BCUT2D eigenvalue weighted by Crippen LogP contribution is -2.28. The van der Waals surface area contributed by atoms with Gasteiger partial charge in [-0.05, 0) is 12.5 Å². The van der Waals surface area contributed by atoms with Gasteiger partial charge in [0.05, 0.1) is 19.3 Å². The molecule has 15 heavy (non-hydrogen) atoms. The first-order chi connectivity index (χ1) is 7.24. The smallest absolute Gasteiger partial charge is 0.407 e. The topological polar surface area (TPSA) is 58.6 Å². The second kappa shape index (κ2) is 6.03. The van der Waals surface area contributed by atoms with Gasteiger partial charge in [0.25, 0.3) is 0 Å². The average Bonchev–Trinajstić information content (AvgIpc) is 2.27. The van der Waals surface area contributed by atoms with E-state index in [1.807, 2.05) is 18.2 Å². The molecule has 0 aliphatic carbocycles. The van der Waals surface area contributed by atoms with Gasteiger partial charge in [0.1, 0.15) is 0 Å². The standard InChI is InChI=1S/C11H15NO3/c1-2-15-11(14)12-8-10(13)9-6-4-3-5-7-9/h3-7,10,13H,2,8H2,1H3,(H,12,14). The first-order valence-corrected chi connectivity index (χ1v) is 4.87. The second-order valence-corrected chi connectivity index (χ2v) is 3.03. The molecular formula is C11H15NO3. The summed E-state index contributed by atoms with van der Waals surface area (Å²) in [7, 11) is 0. The molecular weight excluding hydrogens is 194 g/mol. The minimum absolute atomic E-state index is 0.156. The highest BCUT2D eigenvalue weighted by Crippen LogP contribution is 2.10. The zero-order valence-corrected chi connectivity index (χ0v) is 8.64. The fourth-order valence-electron chi connectivity index (χ4n) is 1.16. The summed E-state index contributed by atoms with van der Waals surface area (Å²) in [6.45, 7) is 2.21. The number of nitrogens with one attached hydrogen (secondary N) is 1. The van der Waals surface area contributed by atoms with E-state index in [2.05, 4.69) is 10.1 Å². The number of aliphatic hydroxyl groups excluding tert-OH is 1. The van der Waals surface area contributed by atoms with E-state index in [0.29, 0.717) is 6.61 Å². The van der Waals surface area contributed by atoms with Crippen molar-refractivity contribution in [2.45, 2.75) is 13.0 Å². The van der Waals surface area contributed by atoms with Crippen molar-refractivity contribution in [3.8, 4) is 0 Å². The highest BCUT2D eigenvalue weighted by molar-refractivity contribution is 5.67. The Morgan fingerprint density at radius 3 is 2.73 bits per heavy atom. The van der Waals surface area contributed by atoms with Crippen LogP contribution in [0.5, 0.6) is 0 Å². The van der Waals surface area contributed by atoms with Crippen molar-refractivity contribution in [2.75, 3.05) is 13.2 Å². The Hall–Kier alpha value is -1.55. The molecule has 0 saturated heterocycles. The molecule has 82 valence electrons. The van der Waals surface area contributed by atoms with Crippen LogP contribution in [0.25, 0.3) is 0 Å². The number of ether oxygens (including phenoxy) is 1. The quantitative estimate of drug-likeness (QED) is 0.789. The molecule has 4 heteroatoms. The zero-order chi connectivity index (χ0) is 11.1. The Morgan fingerprint density at radius 1 is 1.47 bits per heavy atom. The van der Waals surface area contributed by atoms with E-state index < -0.39 is 12.2 Å². The third-order valence-corrected chi connectivity index (χ3v) is 1.90. The molecule has 1 aromatic carbocycles. The maximum atomic E-state index is 10.9. The SMILES string of the molecule is CCOC(=O)NCC(O)c1ccccc1. The average molecular weight is 209 g/mol. The molecule has 0 bridgehead atoms. The third-order valence-electron chi connectivity index (χ3n) is 1.90. The molecule has 1 atom stereocenters. The molecule has 0 aromatic heterocycles. The number of amides is 1. The summed E-state index contributed by atoms with van der Waals surface area (Å²) in [5, 5.41) is 12.1. The molecule has 0 radical (unpaired) electrons. The molecule has 0 saturated carbocycles. The van der Waals surface area contributed by atoms with E-state index in [9.17, 15) is 9.90 Å². The number of benzene rings is 1. The summed E-state index contributed by atoms with van der Waals surface area (Å²) in [5.41, 5.74) is 0.772. The number of carbonyl (C=O) groups excluding carboxylic acids is 1. The van der Waals surface area contributed by atoms with Gasteiger partial charge in [-0.25, -0.2) is 4.79 Å². The van der Waals surface area contributed by atoms with Crippen molar-refractivity contribution in [3.63, 3.8) is 0 Å². The summed E-state index contributed by atoms with van der Waals surface area (Å²) < 4.78 is 4.67. The highest BCUT2D eigenvalue weighted by atomic mass is 16.5. The first kappa shape index (κ1) is 11.5. The lowest BCUT2D eigenvalue weighted by atomic mass is 10.1. The maximum Gasteiger partial charge on any atom is 0.407 e. The van der Waals surface area contributed by atoms with Crippen molar-refractivity contribution in [2.24, 2.45) is 0 Å². The number of carbonyl (C=O) groups is 1. The molecule has 1 rings (SSSR count). The van der Waals surface area contributed by atoms with E-state index in [4.69, 9.17) is 0 Å². The Bertz CT molecular complexity index is 300. The Morgan fingerprint density at radius 2 is 2.13 bits per heavy atom. The minimum atomic E-state index is -0.699. The van der Waals surface area contributed by atoms with Crippen LogP contribution in [0, 0.1) is 0 Å². The predicted molar refractivity (Wildman–Crippen MR) is 56.4 cm³/mol. The van der Waals surface area contributed by atoms with E-state index in [1.165, 1.54) is 0 Å². The lowest BCUT2D eigenvalue weighted by Gasteiger charge is -2.11. The molecule has 0 spiro atoms.